The minimum absolute atomic E-state index is 0.290. The van der Waals surface area contributed by atoms with Gasteiger partial charge < -0.3 is 5.32 Å². The van der Waals surface area contributed by atoms with E-state index in [4.69, 9.17) is 0 Å². The zero-order chi connectivity index (χ0) is 14.1. The van der Waals surface area contributed by atoms with E-state index >= 15 is 0 Å². The number of hydrogen-bond acceptors (Lipinski definition) is 6. The molecule has 0 bridgehead atoms. The number of anilines is 1. The summed E-state index contributed by atoms with van der Waals surface area (Å²) < 4.78 is 1.73. The van der Waals surface area contributed by atoms with E-state index in [-0.39, 0.29) is 0 Å². The Bertz CT molecular complexity index is 752. The van der Waals surface area contributed by atoms with Crippen LogP contribution in [0.1, 0.15) is 12.8 Å². The second-order valence-corrected chi connectivity index (χ2v) is 6.74. The fraction of sp³-hybridized carbons (Fsp3) is 0.286. The predicted molar refractivity (Wildman–Crippen MR) is 81.3 cm³/mol. The summed E-state index contributed by atoms with van der Waals surface area (Å²) in [6.45, 7) is 0.896. The van der Waals surface area contributed by atoms with Crippen LogP contribution in [0.25, 0.3) is 5.65 Å². The normalized spacial score (nSPS) is 16.0. The van der Waals surface area contributed by atoms with E-state index in [0.29, 0.717) is 10.4 Å². The van der Waals surface area contributed by atoms with E-state index in [9.17, 15) is 0 Å². The number of hydrogen-bond donors (Lipinski definition) is 1. The van der Waals surface area contributed by atoms with Crippen molar-refractivity contribution in [2.24, 2.45) is 0 Å². The molecule has 0 radical (unpaired) electrons. The number of fused-ring (bicyclic) bond motifs is 1. The van der Waals surface area contributed by atoms with Crippen molar-refractivity contribution in [1.82, 2.24) is 25.3 Å². The molecule has 0 amide bonds. The van der Waals surface area contributed by atoms with Crippen LogP contribution in [-0.2, 0) is 0 Å². The SMILES string of the molecule is c1ccc(SC2(CNc3ccc4nnnn4n3)CC2)cc1. The highest BCUT2D eigenvalue weighted by Crippen LogP contribution is 2.51. The smallest absolute Gasteiger partial charge is 0.200 e. The number of nitrogens with zero attached hydrogens (tertiary/aromatic N) is 5. The van der Waals surface area contributed by atoms with Gasteiger partial charge in [-0.15, -0.1) is 26.6 Å². The van der Waals surface area contributed by atoms with Crippen LogP contribution in [0.5, 0.6) is 0 Å². The van der Waals surface area contributed by atoms with Crippen LogP contribution in [-0.4, -0.2) is 36.5 Å². The maximum absolute atomic E-state index is 4.33. The molecule has 0 unspecified atom stereocenters. The maximum Gasteiger partial charge on any atom is 0.200 e. The van der Waals surface area contributed by atoms with Crippen molar-refractivity contribution in [3.8, 4) is 0 Å². The van der Waals surface area contributed by atoms with Gasteiger partial charge in [-0.2, -0.15) is 0 Å². The Morgan fingerprint density at radius 2 is 2.00 bits per heavy atom. The summed E-state index contributed by atoms with van der Waals surface area (Å²) in [5.41, 5.74) is 0.653. The molecule has 2 heterocycles. The second-order valence-electron chi connectivity index (χ2n) is 5.20. The standard InChI is InChI=1S/C14H14N6S/c1-2-4-11(5-3-1)21-14(8-9-14)10-15-12-6-7-13-16-18-19-20(13)17-12/h1-7H,8-10H2,(H,15,17). The lowest BCUT2D eigenvalue weighted by molar-refractivity contribution is 0.733. The number of aromatic nitrogens is 5. The van der Waals surface area contributed by atoms with Gasteiger partial charge in [0, 0.05) is 16.2 Å². The molecule has 0 aliphatic heterocycles. The monoisotopic (exact) mass is 298 g/mol. The molecule has 21 heavy (non-hydrogen) atoms. The van der Waals surface area contributed by atoms with Gasteiger partial charge in [0.2, 0.25) is 0 Å². The molecule has 1 aliphatic carbocycles. The van der Waals surface area contributed by atoms with E-state index in [1.807, 2.05) is 30.0 Å². The van der Waals surface area contributed by atoms with Gasteiger partial charge in [-0.1, -0.05) is 18.2 Å². The number of benzene rings is 1. The van der Waals surface area contributed by atoms with E-state index in [1.165, 1.54) is 22.4 Å². The van der Waals surface area contributed by atoms with Gasteiger partial charge in [-0.25, -0.2) is 0 Å². The molecule has 1 N–H and O–H groups in total. The van der Waals surface area contributed by atoms with Crippen LogP contribution in [0.15, 0.2) is 47.4 Å². The average molecular weight is 298 g/mol. The largest absolute Gasteiger partial charge is 0.367 e. The number of rotatable bonds is 5. The van der Waals surface area contributed by atoms with Crippen LogP contribution >= 0.6 is 11.8 Å². The van der Waals surface area contributed by atoms with Gasteiger partial charge in [0.25, 0.3) is 0 Å². The molecule has 1 aromatic carbocycles. The van der Waals surface area contributed by atoms with Gasteiger partial charge in [-0.3, -0.25) is 0 Å². The van der Waals surface area contributed by atoms with E-state index in [0.717, 1.165) is 12.4 Å². The van der Waals surface area contributed by atoms with E-state index in [1.54, 1.807) is 0 Å². The Hall–Kier alpha value is -2.15. The van der Waals surface area contributed by atoms with E-state index in [2.05, 4.69) is 50.2 Å². The minimum atomic E-state index is 0.290. The Morgan fingerprint density at radius 1 is 1.14 bits per heavy atom. The Balaban J connectivity index is 1.44. The number of nitrogens with one attached hydrogen (secondary N) is 1. The summed E-state index contributed by atoms with van der Waals surface area (Å²) >= 11 is 1.94. The van der Waals surface area contributed by atoms with Crippen molar-refractivity contribution in [3.63, 3.8) is 0 Å². The van der Waals surface area contributed by atoms with Crippen LogP contribution in [0.4, 0.5) is 5.82 Å². The minimum Gasteiger partial charge on any atom is -0.367 e. The third-order valence-corrected chi connectivity index (χ3v) is 5.04. The molecule has 0 saturated heterocycles. The highest BCUT2D eigenvalue weighted by Gasteiger charge is 2.43. The molecular formula is C14H14N6S. The topological polar surface area (TPSA) is 68.0 Å². The molecule has 3 aromatic rings. The van der Waals surface area contributed by atoms with Gasteiger partial charge in [0.15, 0.2) is 5.65 Å². The zero-order valence-electron chi connectivity index (χ0n) is 11.3. The van der Waals surface area contributed by atoms with Gasteiger partial charge in [0.1, 0.15) is 5.82 Å². The fourth-order valence-corrected chi connectivity index (χ4v) is 3.43. The molecule has 0 spiro atoms. The molecule has 4 rings (SSSR count). The quantitative estimate of drug-likeness (QED) is 0.779. The van der Waals surface area contributed by atoms with Crippen LogP contribution in [0.2, 0.25) is 0 Å². The molecule has 0 atom stereocenters. The van der Waals surface area contributed by atoms with Crippen molar-refractivity contribution in [2.45, 2.75) is 22.5 Å². The molecule has 1 fully saturated rings. The van der Waals surface area contributed by atoms with Gasteiger partial charge in [0.05, 0.1) is 0 Å². The molecule has 1 aliphatic rings. The molecular weight excluding hydrogens is 284 g/mol. The molecule has 106 valence electrons. The second kappa shape index (κ2) is 5.00. The Kier molecular flexibility index (Phi) is 2.99. The molecule has 6 nitrogen and oxygen atoms in total. The first-order valence-electron chi connectivity index (χ1n) is 6.86. The van der Waals surface area contributed by atoms with Crippen molar-refractivity contribution in [2.75, 3.05) is 11.9 Å². The third-order valence-electron chi connectivity index (χ3n) is 3.55. The first-order valence-corrected chi connectivity index (χ1v) is 7.68. The predicted octanol–water partition coefficient (Wildman–Crippen LogP) is 2.26. The van der Waals surface area contributed by atoms with Crippen molar-refractivity contribution < 1.29 is 0 Å². The Morgan fingerprint density at radius 3 is 2.81 bits per heavy atom. The average Bonchev–Trinajstić information content (AvgIpc) is 3.11. The molecule has 1 saturated carbocycles. The Labute approximate surface area is 125 Å². The van der Waals surface area contributed by atoms with Gasteiger partial charge >= 0.3 is 0 Å². The third kappa shape index (κ3) is 2.69. The van der Waals surface area contributed by atoms with Gasteiger partial charge in [-0.05, 0) is 47.5 Å². The first kappa shape index (κ1) is 12.6. The van der Waals surface area contributed by atoms with Crippen molar-refractivity contribution in [3.05, 3.63) is 42.5 Å². The fourth-order valence-electron chi connectivity index (χ4n) is 2.19. The first-order chi connectivity index (χ1) is 10.3. The zero-order valence-corrected chi connectivity index (χ0v) is 12.1. The maximum atomic E-state index is 4.33. The summed E-state index contributed by atoms with van der Waals surface area (Å²) in [5, 5.41) is 19.0. The summed E-state index contributed by atoms with van der Waals surface area (Å²) in [6.07, 6.45) is 2.46. The summed E-state index contributed by atoms with van der Waals surface area (Å²) in [5.74, 6) is 0.801. The lowest BCUT2D eigenvalue weighted by Gasteiger charge is -2.15. The highest BCUT2D eigenvalue weighted by molar-refractivity contribution is 8.01. The highest BCUT2D eigenvalue weighted by atomic mass is 32.2. The lowest BCUT2D eigenvalue weighted by Crippen LogP contribution is -2.19. The number of thioether (sulfide) groups is 1. The summed E-state index contributed by atoms with van der Waals surface area (Å²) in [4.78, 5) is 1.32. The van der Waals surface area contributed by atoms with Crippen LogP contribution < -0.4 is 5.32 Å². The number of tetrazole rings is 1. The summed E-state index contributed by atoms with van der Waals surface area (Å²) in [7, 11) is 0. The summed E-state index contributed by atoms with van der Waals surface area (Å²) in [6, 6.07) is 14.3. The van der Waals surface area contributed by atoms with Crippen LogP contribution in [0, 0.1) is 0 Å². The van der Waals surface area contributed by atoms with E-state index < -0.39 is 0 Å². The molecule has 7 heteroatoms. The molecule has 2 aromatic heterocycles. The van der Waals surface area contributed by atoms with Crippen molar-refractivity contribution in [1.29, 1.82) is 0 Å². The lowest BCUT2D eigenvalue weighted by atomic mass is 10.4. The van der Waals surface area contributed by atoms with Crippen molar-refractivity contribution >= 4 is 23.2 Å². The van der Waals surface area contributed by atoms with Crippen LogP contribution in [0.3, 0.4) is 0 Å².